The number of hydrazine groups is 1. The summed E-state index contributed by atoms with van der Waals surface area (Å²) in [6.07, 6.45) is 5.20. The van der Waals surface area contributed by atoms with E-state index in [9.17, 15) is 14.4 Å². The van der Waals surface area contributed by atoms with Gasteiger partial charge in [-0.15, -0.1) is 0 Å². The van der Waals surface area contributed by atoms with Crippen molar-refractivity contribution in [2.75, 3.05) is 13.2 Å². The number of ether oxygens (including phenoxy) is 2. The first-order chi connectivity index (χ1) is 12.5. The minimum atomic E-state index is -0.919. The molecule has 0 saturated heterocycles. The molecule has 2 aliphatic rings. The van der Waals surface area contributed by atoms with Crippen LogP contribution in [0.2, 0.25) is 5.02 Å². The normalized spacial score (nSPS) is 15.9. The largest absolute Gasteiger partial charge is 0.489 e. The molecule has 1 aromatic carbocycles. The van der Waals surface area contributed by atoms with Gasteiger partial charge in [-0.05, 0) is 36.6 Å². The number of carbonyl (C=O) groups is 3. The third-order valence-electron chi connectivity index (χ3n) is 3.67. The lowest BCUT2D eigenvalue weighted by molar-refractivity contribution is -0.140. The summed E-state index contributed by atoms with van der Waals surface area (Å²) in [6, 6.07) is 3.41. The van der Waals surface area contributed by atoms with Gasteiger partial charge in [0.2, 0.25) is 0 Å². The molecule has 9 heteroatoms. The average molecular weight is 380 g/mol. The molecule has 1 fully saturated rings. The summed E-state index contributed by atoms with van der Waals surface area (Å²) < 4.78 is 11.1. The predicted molar refractivity (Wildman–Crippen MR) is 93.5 cm³/mol. The van der Waals surface area contributed by atoms with Crippen LogP contribution >= 0.6 is 11.6 Å². The van der Waals surface area contributed by atoms with Crippen LogP contribution in [0, 0.1) is 0 Å². The van der Waals surface area contributed by atoms with Crippen LogP contribution in [-0.4, -0.2) is 37.0 Å². The summed E-state index contributed by atoms with van der Waals surface area (Å²) in [7, 11) is 0. The maximum Gasteiger partial charge on any atom is 0.327 e. The summed E-state index contributed by atoms with van der Waals surface area (Å²) in [6.45, 7) is 1.05. The number of hydrogen-bond donors (Lipinski definition) is 3. The fourth-order valence-corrected chi connectivity index (χ4v) is 2.49. The SMILES string of the molecule is O=C(/C=C/c1cc(Cl)c2c(c1)OCCCO2)NNC(=O)C(=O)NC1CC1. The van der Waals surface area contributed by atoms with Crippen LogP contribution in [0.25, 0.3) is 6.08 Å². The van der Waals surface area contributed by atoms with Crippen molar-refractivity contribution in [1.82, 2.24) is 16.2 Å². The summed E-state index contributed by atoms with van der Waals surface area (Å²) in [5.41, 5.74) is 4.82. The van der Waals surface area contributed by atoms with Crippen LogP contribution in [0.3, 0.4) is 0 Å². The lowest BCUT2D eigenvalue weighted by Crippen LogP contribution is -2.48. The number of nitrogens with one attached hydrogen (secondary N) is 3. The van der Waals surface area contributed by atoms with Gasteiger partial charge in [0.05, 0.1) is 18.2 Å². The van der Waals surface area contributed by atoms with Gasteiger partial charge in [-0.1, -0.05) is 11.6 Å². The highest BCUT2D eigenvalue weighted by molar-refractivity contribution is 6.35. The van der Waals surface area contributed by atoms with Crippen molar-refractivity contribution in [2.45, 2.75) is 25.3 Å². The van der Waals surface area contributed by atoms with Crippen LogP contribution in [0.5, 0.6) is 11.5 Å². The smallest absolute Gasteiger partial charge is 0.327 e. The first kappa shape index (κ1) is 18.1. The molecule has 1 saturated carbocycles. The minimum absolute atomic E-state index is 0.0630. The first-order valence-corrected chi connectivity index (χ1v) is 8.59. The van der Waals surface area contributed by atoms with Gasteiger partial charge in [-0.25, -0.2) is 0 Å². The van der Waals surface area contributed by atoms with E-state index >= 15 is 0 Å². The number of amides is 3. The summed E-state index contributed by atoms with van der Waals surface area (Å²) >= 11 is 6.18. The molecular weight excluding hydrogens is 362 g/mol. The summed E-state index contributed by atoms with van der Waals surface area (Å²) in [4.78, 5) is 34.7. The Morgan fingerprint density at radius 2 is 1.85 bits per heavy atom. The second-order valence-corrected chi connectivity index (χ2v) is 6.31. The van der Waals surface area contributed by atoms with Crippen molar-refractivity contribution < 1.29 is 23.9 Å². The van der Waals surface area contributed by atoms with Crippen LogP contribution in [-0.2, 0) is 14.4 Å². The molecule has 1 aromatic rings. The first-order valence-electron chi connectivity index (χ1n) is 8.21. The molecule has 1 aliphatic carbocycles. The zero-order chi connectivity index (χ0) is 18.5. The molecular formula is C17H18ClN3O5. The molecule has 8 nitrogen and oxygen atoms in total. The number of halogens is 1. The number of carbonyl (C=O) groups excluding carboxylic acids is 3. The van der Waals surface area contributed by atoms with Crippen molar-refractivity contribution in [3.05, 3.63) is 28.8 Å². The molecule has 3 rings (SSSR count). The molecule has 1 heterocycles. The summed E-state index contributed by atoms with van der Waals surface area (Å²) in [5, 5.41) is 2.90. The Kier molecular flexibility index (Phi) is 5.62. The van der Waals surface area contributed by atoms with Crippen LogP contribution in [0.15, 0.2) is 18.2 Å². The molecule has 0 bridgehead atoms. The van der Waals surface area contributed by atoms with E-state index in [0.29, 0.717) is 35.3 Å². The van der Waals surface area contributed by atoms with Crippen molar-refractivity contribution in [1.29, 1.82) is 0 Å². The van der Waals surface area contributed by atoms with Crippen LogP contribution < -0.4 is 25.6 Å². The summed E-state index contributed by atoms with van der Waals surface area (Å²) in [5.74, 6) is -1.29. The van der Waals surface area contributed by atoms with Gasteiger partial charge >= 0.3 is 11.8 Å². The quantitative estimate of drug-likeness (QED) is 0.412. The maximum absolute atomic E-state index is 11.8. The topological polar surface area (TPSA) is 106 Å². The van der Waals surface area contributed by atoms with E-state index in [1.165, 1.54) is 12.2 Å². The molecule has 0 radical (unpaired) electrons. The fraction of sp³-hybridized carbons (Fsp3) is 0.353. The lowest BCUT2D eigenvalue weighted by atomic mass is 10.2. The third-order valence-corrected chi connectivity index (χ3v) is 3.95. The molecule has 0 atom stereocenters. The van der Waals surface area contributed by atoms with Gasteiger partial charge in [0.1, 0.15) is 0 Å². The van der Waals surface area contributed by atoms with Crippen LogP contribution in [0.4, 0.5) is 0 Å². The molecule has 3 N–H and O–H groups in total. The Balaban J connectivity index is 1.54. The van der Waals surface area contributed by atoms with Gasteiger partial charge < -0.3 is 14.8 Å². The molecule has 26 heavy (non-hydrogen) atoms. The Labute approximate surface area is 154 Å². The van der Waals surface area contributed by atoms with E-state index in [4.69, 9.17) is 21.1 Å². The molecule has 0 unspecified atom stereocenters. The van der Waals surface area contributed by atoms with Gasteiger partial charge in [-0.2, -0.15) is 0 Å². The number of benzene rings is 1. The highest BCUT2D eigenvalue weighted by Crippen LogP contribution is 2.38. The van der Waals surface area contributed by atoms with Crippen LogP contribution in [0.1, 0.15) is 24.8 Å². The second kappa shape index (κ2) is 8.09. The van der Waals surface area contributed by atoms with Crippen molar-refractivity contribution in [3.63, 3.8) is 0 Å². The Bertz CT molecular complexity index is 761. The number of rotatable bonds is 3. The Morgan fingerprint density at radius 1 is 1.08 bits per heavy atom. The highest BCUT2D eigenvalue weighted by atomic mass is 35.5. The zero-order valence-corrected chi connectivity index (χ0v) is 14.6. The van der Waals surface area contributed by atoms with E-state index in [-0.39, 0.29) is 6.04 Å². The van der Waals surface area contributed by atoms with Gasteiger partial charge in [-0.3, -0.25) is 25.2 Å². The zero-order valence-electron chi connectivity index (χ0n) is 13.8. The molecule has 0 aromatic heterocycles. The molecule has 1 aliphatic heterocycles. The van der Waals surface area contributed by atoms with E-state index in [1.54, 1.807) is 12.1 Å². The highest BCUT2D eigenvalue weighted by Gasteiger charge is 2.26. The monoisotopic (exact) mass is 379 g/mol. The Morgan fingerprint density at radius 3 is 2.62 bits per heavy atom. The third kappa shape index (κ3) is 4.89. The number of fused-ring (bicyclic) bond motifs is 1. The van der Waals surface area contributed by atoms with E-state index in [0.717, 1.165) is 19.3 Å². The molecule has 138 valence electrons. The lowest BCUT2D eigenvalue weighted by Gasteiger charge is -2.10. The second-order valence-electron chi connectivity index (χ2n) is 5.90. The van der Waals surface area contributed by atoms with Gasteiger partial charge in [0.15, 0.2) is 11.5 Å². The predicted octanol–water partition coefficient (Wildman–Crippen LogP) is 0.940. The average Bonchev–Trinajstić information content (AvgIpc) is 3.44. The molecule has 3 amide bonds. The van der Waals surface area contributed by atoms with Crippen molar-refractivity contribution in [2.24, 2.45) is 0 Å². The Hall–Kier alpha value is -2.74. The van der Waals surface area contributed by atoms with Gasteiger partial charge in [0, 0.05) is 18.5 Å². The van der Waals surface area contributed by atoms with E-state index < -0.39 is 17.7 Å². The molecule has 0 spiro atoms. The van der Waals surface area contributed by atoms with Gasteiger partial charge in [0.25, 0.3) is 5.91 Å². The van der Waals surface area contributed by atoms with Crippen molar-refractivity contribution in [3.8, 4) is 11.5 Å². The minimum Gasteiger partial charge on any atom is -0.489 e. The van der Waals surface area contributed by atoms with E-state index in [1.807, 2.05) is 5.43 Å². The van der Waals surface area contributed by atoms with Crippen molar-refractivity contribution >= 4 is 35.4 Å². The maximum atomic E-state index is 11.8. The van der Waals surface area contributed by atoms with E-state index in [2.05, 4.69) is 10.7 Å². The number of hydrogen-bond acceptors (Lipinski definition) is 5. The fourth-order valence-electron chi connectivity index (χ4n) is 2.21. The standard InChI is InChI=1S/C17H18ClN3O5/c18-12-8-10(9-13-15(12)26-7-1-6-25-13)2-5-14(22)20-21-17(24)16(23)19-11-3-4-11/h2,5,8-9,11H,1,3-4,6-7H2,(H,19,23)(H,20,22)(H,21,24)/b5-2+.